The van der Waals surface area contributed by atoms with Crippen LogP contribution in [0, 0.1) is 0 Å². The van der Waals surface area contributed by atoms with Gasteiger partial charge in [0.15, 0.2) is 0 Å². The largest absolute Gasteiger partial charge is 0.480 e. The predicted molar refractivity (Wildman–Crippen MR) is 89.7 cm³/mol. The number of carboxylic acids is 2. The molecule has 0 fully saturated rings. The number of nitrogens with two attached hydrogens (primary N) is 1. The highest BCUT2D eigenvalue weighted by atomic mass is 32.2. The Hall–Kier alpha value is -1.81. The van der Waals surface area contributed by atoms with Crippen LogP contribution in [-0.4, -0.2) is 64.1 Å². The molecule has 0 radical (unpaired) electrons. The standard InChI is InChI=1S/C14H25N3O6S/c1-2-3-6-24-8-10(13(21)16-7-12(19)20)17-11(18)5-4-9(15)14(22)23/h9-10H,2-8,15H2,1H3,(H,16,21)(H,17,18)(H,19,20)(H,22,23)/t9-,10?/m0/s1. The Morgan fingerprint density at radius 1 is 1.21 bits per heavy atom. The third kappa shape index (κ3) is 10.8. The summed E-state index contributed by atoms with van der Waals surface area (Å²) in [5.74, 6) is -2.34. The summed E-state index contributed by atoms with van der Waals surface area (Å²) in [6, 6.07) is -2.02. The molecule has 1 unspecified atom stereocenters. The second-order valence-corrected chi connectivity index (χ2v) is 6.29. The minimum atomic E-state index is -1.20. The summed E-state index contributed by atoms with van der Waals surface area (Å²) in [5, 5.41) is 22.0. The topological polar surface area (TPSA) is 159 Å². The fraction of sp³-hybridized carbons (Fsp3) is 0.714. The molecule has 0 aromatic heterocycles. The van der Waals surface area contributed by atoms with Crippen LogP contribution in [0.15, 0.2) is 0 Å². The number of hydrogen-bond acceptors (Lipinski definition) is 6. The van der Waals surface area contributed by atoms with E-state index in [-0.39, 0.29) is 12.8 Å². The van der Waals surface area contributed by atoms with Gasteiger partial charge in [-0.3, -0.25) is 19.2 Å². The van der Waals surface area contributed by atoms with E-state index in [2.05, 4.69) is 10.6 Å². The first-order valence-electron chi connectivity index (χ1n) is 7.62. The molecule has 0 heterocycles. The van der Waals surface area contributed by atoms with Crippen molar-refractivity contribution in [2.45, 2.75) is 44.7 Å². The van der Waals surface area contributed by atoms with E-state index in [9.17, 15) is 19.2 Å². The molecule has 0 aliphatic heterocycles. The molecule has 10 heteroatoms. The number of carboxylic acid groups (broad SMARTS) is 2. The molecular weight excluding hydrogens is 338 g/mol. The molecule has 0 saturated carbocycles. The highest BCUT2D eigenvalue weighted by molar-refractivity contribution is 7.99. The monoisotopic (exact) mass is 363 g/mol. The summed E-state index contributed by atoms with van der Waals surface area (Å²) in [6.45, 7) is 1.50. The summed E-state index contributed by atoms with van der Waals surface area (Å²) in [4.78, 5) is 44.9. The average Bonchev–Trinajstić information content (AvgIpc) is 2.52. The zero-order chi connectivity index (χ0) is 18.5. The van der Waals surface area contributed by atoms with E-state index in [1.807, 2.05) is 6.92 Å². The number of nitrogens with one attached hydrogen (secondary N) is 2. The number of amides is 2. The third-order valence-electron chi connectivity index (χ3n) is 2.99. The van der Waals surface area contributed by atoms with E-state index in [4.69, 9.17) is 15.9 Å². The van der Waals surface area contributed by atoms with Gasteiger partial charge in [0.2, 0.25) is 11.8 Å². The zero-order valence-corrected chi connectivity index (χ0v) is 14.4. The van der Waals surface area contributed by atoms with Crippen molar-refractivity contribution >= 4 is 35.5 Å². The Morgan fingerprint density at radius 2 is 1.88 bits per heavy atom. The van der Waals surface area contributed by atoms with Crippen molar-refractivity contribution in [1.29, 1.82) is 0 Å². The summed E-state index contributed by atoms with van der Waals surface area (Å²) in [7, 11) is 0. The summed E-state index contributed by atoms with van der Waals surface area (Å²) in [6.07, 6.45) is 1.79. The lowest BCUT2D eigenvalue weighted by atomic mass is 10.1. The van der Waals surface area contributed by atoms with E-state index < -0.39 is 42.4 Å². The van der Waals surface area contributed by atoms with Gasteiger partial charge >= 0.3 is 11.9 Å². The highest BCUT2D eigenvalue weighted by Gasteiger charge is 2.22. The smallest absolute Gasteiger partial charge is 0.322 e. The first-order chi connectivity index (χ1) is 11.3. The van der Waals surface area contributed by atoms with Crippen LogP contribution >= 0.6 is 11.8 Å². The molecule has 24 heavy (non-hydrogen) atoms. The van der Waals surface area contributed by atoms with Crippen LogP contribution in [0.2, 0.25) is 0 Å². The minimum Gasteiger partial charge on any atom is -0.480 e. The van der Waals surface area contributed by atoms with Crippen LogP contribution in [0.3, 0.4) is 0 Å². The van der Waals surface area contributed by atoms with E-state index in [1.165, 1.54) is 11.8 Å². The predicted octanol–water partition coefficient (Wildman–Crippen LogP) is -0.603. The number of thioether (sulfide) groups is 1. The van der Waals surface area contributed by atoms with Gasteiger partial charge < -0.3 is 26.6 Å². The molecule has 0 aromatic carbocycles. The Balaban J connectivity index is 4.49. The molecule has 138 valence electrons. The lowest BCUT2D eigenvalue weighted by Gasteiger charge is -2.18. The van der Waals surface area contributed by atoms with E-state index >= 15 is 0 Å². The molecule has 0 bridgehead atoms. The van der Waals surface area contributed by atoms with Crippen LogP contribution < -0.4 is 16.4 Å². The van der Waals surface area contributed by atoms with Gasteiger partial charge in [-0.2, -0.15) is 11.8 Å². The van der Waals surface area contributed by atoms with Gasteiger partial charge in [0.25, 0.3) is 0 Å². The number of carbonyl (C=O) groups is 4. The molecule has 9 nitrogen and oxygen atoms in total. The Kier molecular flexibility index (Phi) is 11.6. The molecule has 0 rings (SSSR count). The Morgan fingerprint density at radius 3 is 2.42 bits per heavy atom. The fourth-order valence-electron chi connectivity index (χ4n) is 1.59. The van der Waals surface area contributed by atoms with Crippen LogP contribution in [0.1, 0.15) is 32.6 Å². The quantitative estimate of drug-likeness (QED) is 0.271. The number of hydrogen-bond donors (Lipinski definition) is 5. The normalized spacial score (nSPS) is 12.9. The first-order valence-corrected chi connectivity index (χ1v) is 8.78. The summed E-state index contributed by atoms with van der Waals surface area (Å²) in [5.41, 5.74) is 5.32. The van der Waals surface area contributed by atoms with Gasteiger partial charge in [0.1, 0.15) is 18.6 Å². The molecule has 2 amide bonds. The van der Waals surface area contributed by atoms with Gasteiger partial charge in [0.05, 0.1) is 0 Å². The average molecular weight is 363 g/mol. The minimum absolute atomic E-state index is 0.0480. The van der Waals surface area contributed by atoms with Crippen molar-refractivity contribution in [3.05, 3.63) is 0 Å². The van der Waals surface area contributed by atoms with Crippen LogP contribution in [0.4, 0.5) is 0 Å². The van der Waals surface area contributed by atoms with Gasteiger partial charge in [-0.15, -0.1) is 0 Å². The van der Waals surface area contributed by atoms with Gasteiger partial charge in [0, 0.05) is 12.2 Å². The Bertz CT molecular complexity index is 446. The highest BCUT2D eigenvalue weighted by Crippen LogP contribution is 2.07. The van der Waals surface area contributed by atoms with Crippen molar-refractivity contribution in [1.82, 2.24) is 10.6 Å². The van der Waals surface area contributed by atoms with Gasteiger partial charge in [-0.05, 0) is 18.6 Å². The van der Waals surface area contributed by atoms with Crippen LogP contribution in [0.25, 0.3) is 0 Å². The molecular formula is C14H25N3O6S. The number of carbonyl (C=O) groups excluding carboxylic acids is 2. The number of unbranched alkanes of at least 4 members (excludes halogenated alkanes) is 1. The first kappa shape index (κ1) is 22.2. The molecule has 6 N–H and O–H groups in total. The molecule has 0 aliphatic carbocycles. The second kappa shape index (κ2) is 12.6. The van der Waals surface area contributed by atoms with E-state index in [1.54, 1.807) is 0 Å². The number of rotatable bonds is 13. The van der Waals surface area contributed by atoms with Gasteiger partial charge in [-0.25, -0.2) is 0 Å². The molecule has 0 saturated heterocycles. The van der Waals surface area contributed by atoms with Crippen molar-refractivity contribution in [2.24, 2.45) is 5.73 Å². The zero-order valence-electron chi connectivity index (χ0n) is 13.6. The Labute approximate surface area is 144 Å². The van der Waals surface area contributed by atoms with Crippen molar-refractivity contribution in [2.75, 3.05) is 18.1 Å². The van der Waals surface area contributed by atoms with Crippen molar-refractivity contribution in [3.8, 4) is 0 Å². The summed E-state index contributed by atoms with van der Waals surface area (Å²) >= 11 is 1.48. The third-order valence-corrected chi connectivity index (χ3v) is 4.14. The maximum absolute atomic E-state index is 12.0. The SMILES string of the molecule is CCCCSCC(NC(=O)CC[C@H](N)C(=O)O)C(=O)NCC(=O)O. The molecule has 0 aliphatic rings. The van der Waals surface area contributed by atoms with Crippen LogP contribution in [0.5, 0.6) is 0 Å². The molecule has 0 aromatic rings. The lowest BCUT2D eigenvalue weighted by molar-refractivity contribution is -0.139. The van der Waals surface area contributed by atoms with Crippen molar-refractivity contribution < 1.29 is 29.4 Å². The van der Waals surface area contributed by atoms with E-state index in [0.29, 0.717) is 5.75 Å². The fourth-order valence-corrected chi connectivity index (χ4v) is 2.72. The lowest BCUT2D eigenvalue weighted by Crippen LogP contribution is -2.49. The molecule has 0 spiro atoms. The van der Waals surface area contributed by atoms with E-state index in [0.717, 1.165) is 18.6 Å². The maximum atomic E-state index is 12.0. The number of aliphatic carboxylic acids is 2. The summed E-state index contributed by atoms with van der Waals surface area (Å²) < 4.78 is 0. The second-order valence-electron chi connectivity index (χ2n) is 5.14. The van der Waals surface area contributed by atoms with Crippen LogP contribution in [-0.2, 0) is 19.2 Å². The maximum Gasteiger partial charge on any atom is 0.322 e. The van der Waals surface area contributed by atoms with Crippen molar-refractivity contribution in [3.63, 3.8) is 0 Å². The van der Waals surface area contributed by atoms with Gasteiger partial charge in [-0.1, -0.05) is 13.3 Å². The molecule has 2 atom stereocenters.